The standard InChI is InChI=1S/C21H28Cl2N2O4/c22-15-9-14(10-16(23)11-15)20(27)24-8-7-17-5-6-18(19(12-26)29-17)25-21(28)13-3-1-2-4-13/h9-11,13,17-19,26H,1-8,12H2,(H,24,27)(H,25,28)/t17-,18-,19-/m1/s1. The molecule has 0 spiro atoms. The Labute approximate surface area is 181 Å². The van der Waals surface area contributed by atoms with Gasteiger partial charge in [0.25, 0.3) is 5.91 Å². The van der Waals surface area contributed by atoms with Crippen LogP contribution in [-0.2, 0) is 9.53 Å². The summed E-state index contributed by atoms with van der Waals surface area (Å²) in [6, 6.07) is 4.55. The van der Waals surface area contributed by atoms with E-state index < -0.39 is 6.10 Å². The number of carbonyl (C=O) groups is 2. The average molecular weight is 443 g/mol. The second kappa shape index (κ2) is 10.6. The SMILES string of the molecule is O=C(NCC[C@H]1CC[C@@H](NC(=O)C2CCCC2)[C@@H](CO)O1)c1cc(Cl)cc(Cl)c1. The topological polar surface area (TPSA) is 87.7 Å². The van der Waals surface area contributed by atoms with Crippen LogP contribution in [0.2, 0.25) is 10.0 Å². The molecule has 29 heavy (non-hydrogen) atoms. The quantitative estimate of drug-likeness (QED) is 0.604. The van der Waals surface area contributed by atoms with Gasteiger partial charge in [-0.2, -0.15) is 0 Å². The lowest BCUT2D eigenvalue weighted by Crippen LogP contribution is -2.52. The van der Waals surface area contributed by atoms with E-state index in [2.05, 4.69) is 10.6 Å². The second-order valence-corrected chi connectivity index (χ2v) is 8.73. The Morgan fingerprint density at radius 2 is 1.76 bits per heavy atom. The third-order valence-corrected chi connectivity index (χ3v) is 6.16. The van der Waals surface area contributed by atoms with Crippen molar-refractivity contribution in [3.8, 4) is 0 Å². The number of aliphatic hydroxyl groups excluding tert-OH is 1. The highest BCUT2D eigenvalue weighted by Gasteiger charge is 2.33. The van der Waals surface area contributed by atoms with E-state index in [0.717, 1.165) is 38.5 Å². The van der Waals surface area contributed by atoms with Crippen LogP contribution in [0.25, 0.3) is 0 Å². The maximum absolute atomic E-state index is 12.4. The van der Waals surface area contributed by atoms with Gasteiger partial charge in [0.1, 0.15) is 6.10 Å². The molecular weight excluding hydrogens is 415 g/mol. The number of rotatable bonds is 7. The maximum atomic E-state index is 12.4. The fraction of sp³-hybridized carbons (Fsp3) is 0.619. The summed E-state index contributed by atoms with van der Waals surface area (Å²) in [5, 5.41) is 16.4. The van der Waals surface area contributed by atoms with Gasteiger partial charge in [-0.1, -0.05) is 36.0 Å². The summed E-state index contributed by atoms with van der Waals surface area (Å²) in [7, 11) is 0. The molecule has 2 fully saturated rings. The summed E-state index contributed by atoms with van der Waals surface area (Å²) < 4.78 is 5.98. The molecule has 8 heteroatoms. The van der Waals surface area contributed by atoms with Gasteiger partial charge in [-0.25, -0.2) is 0 Å². The molecule has 1 aliphatic carbocycles. The smallest absolute Gasteiger partial charge is 0.251 e. The first-order valence-corrected chi connectivity index (χ1v) is 11.0. The molecule has 0 bridgehead atoms. The monoisotopic (exact) mass is 442 g/mol. The van der Waals surface area contributed by atoms with Gasteiger partial charge >= 0.3 is 0 Å². The van der Waals surface area contributed by atoms with Crippen LogP contribution in [0.3, 0.4) is 0 Å². The van der Waals surface area contributed by atoms with E-state index in [-0.39, 0.29) is 36.5 Å². The van der Waals surface area contributed by atoms with E-state index in [1.807, 2.05) is 0 Å². The molecule has 0 aromatic heterocycles. The lowest BCUT2D eigenvalue weighted by Gasteiger charge is -2.36. The van der Waals surface area contributed by atoms with E-state index in [4.69, 9.17) is 27.9 Å². The van der Waals surface area contributed by atoms with Crippen molar-refractivity contribution in [2.45, 2.75) is 63.2 Å². The van der Waals surface area contributed by atoms with Crippen LogP contribution < -0.4 is 10.6 Å². The number of nitrogens with one attached hydrogen (secondary N) is 2. The molecule has 2 aliphatic rings. The van der Waals surface area contributed by atoms with Crippen molar-refractivity contribution in [2.24, 2.45) is 5.92 Å². The zero-order chi connectivity index (χ0) is 20.8. The molecular formula is C21H28Cl2N2O4. The number of amides is 2. The maximum Gasteiger partial charge on any atom is 0.251 e. The number of hydrogen-bond donors (Lipinski definition) is 3. The van der Waals surface area contributed by atoms with Gasteiger partial charge in [-0.3, -0.25) is 9.59 Å². The lowest BCUT2D eigenvalue weighted by molar-refractivity contribution is -0.131. The van der Waals surface area contributed by atoms with Gasteiger partial charge < -0.3 is 20.5 Å². The first kappa shape index (κ1) is 22.3. The van der Waals surface area contributed by atoms with Crippen molar-refractivity contribution in [3.05, 3.63) is 33.8 Å². The Balaban J connectivity index is 1.43. The number of ether oxygens (including phenoxy) is 1. The number of hydrogen-bond acceptors (Lipinski definition) is 4. The van der Waals surface area contributed by atoms with E-state index in [0.29, 0.717) is 28.6 Å². The first-order valence-electron chi connectivity index (χ1n) is 10.3. The zero-order valence-corrected chi connectivity index (χ0v) is 17.8. The van der Waals surface area contributed by atoms with Crippen LogP contribution in [0, 0.1) is 5.92 Å². The van der Waals surface area contributed by atoms with Gasteiger partial charge in [-0.15, -0.1) is 0 Å². The fourth-order valence-corrected chi connectivity index (χ4v) is 4.66. The molecule has 1 aliphatic heterocycles. The van der Waals surface area contributed by atoms with E-state index in [9.17, 15) is 14.7 Å². The van der Waals surface area contributed by atoms with E-state index >= 15 is 0 Å². The summed E-state index contributed by atoms with van der Waals surface area (Å²) in [6.07, 6.45) is 5.77. The average Bonchev–Trinajstić information content (AvgIpc) is 3.23. The van der Waals surface area contributed by atoms with Crippen molar-refractivity contribution in [1.82, 2.24) is 10.6 Å². The van der Waals surface area contributed by atoms with E-state index in [1.165, 1.54) is 0 Å². The third kappa shape index (κ3) is 6.32. The van der Waals surface area contributed by atoms with Crippen molar-refractivity contribution in [2.75, 3.05) is 13.2 Å². The first-order chi connectivity index (χ1) is 14.0. The predicted molar refractivity (Wildman–Crippen MR) is 112 cm³/mol. The normalized spacial score (nSPS) is 25.0. The molecule has 3 rings (SSSR count). The Morgan fingerprint density at radius 1 is 1.07 bits per heavy atom. The highest BCUT2D eigenvalue weighted by Crippen LogP contribution is 2.27. The second-order valence-electron chi connectivity index (χ2n) is 7.86. The largest absolute Gasteiger partial charge is 0.394 e. The van der Waals surface area contributed by atoms with Crippen molar-refractivity contribution >= 4 is 35.0 Å². The Hall–Kier alpha value is -1.34. The van der Waals surface area contributed by atoms with Gasteiger partial charge in [0.2, 0.25) is 5.91 Å². The zero-order valence-electron chi connectivity index (χ0n) is 16.3. The Morgan fingerprint density at radius 3 is 2.41 bits per heavy atom. The minimum Gasteiger partial charge on any atom is -0.394 e. The molecule has 1 aromatic rings. The van der Waals surface area contributed by atoms with Crippen LogP contribution >= 0.6 is 23.2 Å². The van der Waals surface area contributed by atoms with Crippen LogP contribution in [0.5, 0.6) is 0 Å². The van der Waals surface area contributed by atoms with Gasteiger partial charge in [0.05, 0.1) is 18.8 Å². The summed E-state index contributed by atoms with van der Waals surface area (Å²) in [5.41, 5.74) is 0.412. The number of halogens is 2. The minimum absolute atomic E-state index is 0.0740. The predicted octanol–water partition coefficient (Wildman–Crippen LogP) is 3.33. The molecule has 1 saturated carbocycles. The number of aliphatic hydroxyl groups is 1. The summed E-state index contributed by atoms with van der Waals surface area (Å²) in [5.74, 6) is -0.0617. The molecule has 1 aromatic carbocycles. The highest BCUT2D eigenvalue weighted by molar-refractivity contribution is 6.35. The molecule has 3 N–H and O–H groups in total. The highest BCUT2D eigenvalue weighted by atomic mass is 35.5. The molecule has 3 atom stereocenters. The molecule has 160 valence electrons. The molecule has 1 saturated heterocycles. The molecule has 2 amide bonds. The molecule has 1 heterocycles. The molecule has 0 radical (unpaired) electrons. The van der Waals surface area contributed by atoms with Crippen molar-refractivity contribution < 1.29 is 19.4 Å². The Bertz CT molecular complexity index is 704. The van der Waals surface area contributed by atoms with Crippen molar-refractivity contribution in [3.63, 3.8) is 0 Å². The number of benzene rings is 1. The Kier molecular flexibility index (Phi) is 8.18. The summed E-state index contributed by atoms with van der Waals surface area (Å²) in [4.78, 5) is 24.6. The van der Waals surface area contributed by atoms with Crippen LogP contribution in [-0.4, -0.2) is 48.3 Å². The van der Waals surface area contributed by atoms with Crippen LogP contribution in [0.4, 0.5) is 0 Å². The molecule has 0 unspecified atom stereocenters. The molecule has 6 nitrogen and oxygen atoms in total. The summed E-state index contributed by atoms with van der Waals surface area (Å²) in [6.45, 7) is 0.296. The summed E-state index contributed by atoms with van der Waals surface area (Å²) >= 11 is 11.9. The van der Waals surface area contributed by atoms with Gasteiger partial charge in [-0.05, 0) is 50.3 Å². The van der Waals surface area contributed by atoms with Crippen molar-refractivity contribution in [1.29, 1.82) is 0 Å². The fourth-order valence-electron chi connectivity index (χ4n) is 4.13. The van der Waals surface area contributed by atoms with Gasteiger partial charge in [0, 0.05) is 28.1 Å². The van der Waals surface area contributed by atoms with Crippen LogP contribution in [0.1, 0.15) is 55.3 Å². The minimum atomic E-state index is -0.415. The third-order valence-electron chi connectivity index (χ3n) is 5.73. The lowest BCUT2D eigenvalue weighted by atomic mass is 9.96. The van der Waals surface area contributed by atoms with E-state index in [1.54, 1.807) is 18.2 Å². The number of carbonyl (C=O) groups excluding carboxylic acids is 2. The van der Waals surface area contributed by atoms with Gasteiger partial charge in [0.15, 0.2) is 0 Å². The van der Waals surface area contributed by atoms with Crippen LogP contribution in [0.15, 0.2) is 18.2 Å².